The Hall–Kier alpha value is -0.810. The van der Waals surface area contributed by atoms with Gasteiger partial charge in [-0.05, 0) is 12.1 Å². The maximum Gasteiger partial charge on any atom is 0.306 e. The van der Waals surface area contributed by atoms with Crippen molar-refractivity contribution in [2.24, 2.45) is 0 Å². The zero-order valence-corrected chi connectivity index (χ0v) is 11.0. The molecule has 1 N–H and O–H groups in total. The summed E-state index contributed by atoms with van der Waals surface area (Å²) in [5.41, 5.74) is 1.11. The Balaban J connectivity index is 2.34. The first-order chi connectivity index (χ1) is 7.77. The second kappa shape index (κ2) is 7.46. The Morgan fingerprint density at radius 3 is 2.88 bits per heavy atom. The zero-order valence-electron chi connectivity index (χ0n) is 9.36. The number of ether oxygens (including phenoxy) is 1. The Labute approximate surface area is 104 Å². The highest BCUT2D eigenvalue weighted by Crippen LogP contribution is 2.36. The topological polar surface area (TPSA) is 38.3 Å². The number of anilines is 1. The molecule has 0 heterocycles. The molecule has 0 bridgehead atoms. The molecule has 5 heteroatoms. The van der Waals surface area contributed by atoms with Crippen molar-refractivity contribution < 1.29 is 9.53 Å². The van der Waals surface area contributed by atoms with Crippen LogP contribution in [0.15, 0.2) is 29.2 Å². The normalized spacial score (nSPS) is 9.88. The average Bonchev–Trinajstić information content (AvgIpc) is 2.34. The zero-order chi connectivity index (χ0) is 11.8. The van der Waals surface area contributed by atoms with Gasteiger partial charge in [0.2, 0.25) is 0 Å². The summed E-state index contributed by atoms with van der Waals surface area (Å²) >= 11 is 0. The fourth-order valence-electron chi connectivity index (χ4n) is 1.08. The van der Waals surface area contributed by atoms with Crippen LogP contribution >= 0.6 is 21.6 Å². The fourth-order valence-corrected chi connectivity index (χ4v) is 3.25. The summed E-state index contributed by atoms with van der Waals surface area (Å²) in [5, 5.41) is 3.13. The van der Waals surface area contributed by atoms with E-state index in [1.807, 2.05) is 25.2 Å². The minimum atomic E-state index is -0.157. The molecule has 0 amide bonds. The summed E-state index contributed by atoms with van der Waals surface area (Å²) in [5.74, 6) is 0.602. The number of rotatable bonds is 6. The van der Waals surface area contributed by atoms with Crippen molar-refractivity contribution in [2.75, 3.05) is 25.2 Å². The molecule has 0 aliphatic heterocycles. The monoisotopic (exact) mass is 257 g/mol. The molecule has 0 aliphatic rings. The number of carbonyl (C=O) groups is 1. The van der Waals surface area contributed by atoms with Gasteiger partial charge in [-0.1, -0.05) is 33.7 Å². The maximum atomic E-state index is 10.9. The first kappa shape index (κ1) is 13.3. The van der Waals surface area contributed by atoms with E-state index in [0.717, 1.165) is 11.4 Å². The third kappa shape index (κ3) is 4.37. The molecule has 0 aromatic heterocycles. The molecule has 0 spiro atoms. The van der Waals surface area contributed by atoms with E-state index in [-0.39, 0.29) is 5.97 Å². The second-order valence-electron chi connectivity index (χ2n) is 2.98. The van der Waals surface area contributed by atoms with E-state index in [9.17, 15) is 4.79 Å². The number of carbonyl (C=O) groups excluding carboxylic acids is 1. The van der Waals surface area contributed by atoms with E-state index in [2.05, 4.69) is 16.1 Å². The van der Waals surface area contributed by atoms with Crippen LogP contribution in [0, 0.1) is 0 Å². The lowest BCUT2D eigenvalue weighted by molar-refractivity contribution is -0.140. The van der Waals surface area contributed by atoms with Crippen molar-refractivity contribution in [3.05, 3.63) is 24.3 Å². The van der Waals surface area contributed by atoms with Crippen molar-refractivity contribution in [3.8, 4) is 0 Å². The Kier molecular flexibility index (Phi) is 6.18. The smallest absolute Gasteiger partial charge is 0.306 e. The second-order valence-corrected chi connectivity index (χ2v) is 5.44. The van der Waals surface area contributed by atoms with Crippen LogP contribution in [-0.2, 0) is 9.53 Å². The molecule has 16 heavy (non-hydrogen) atoms. The van der Waals surface area contributed by atoms with Crippen molar-refractivity contribution in [2.45, 2.75) is 11.3 Å². The largest absolute Gasteiger partial charge is 0.469 e. The van der Waals surface area contributed by atoms with E-state index in [0.29, 0.717) is 6.42 Å². The van der Waals surface area contributed by atoms with Crippen LogP contribution in [0.4, 0.5) is 5.69 Å². The van der Waals surface area contributed by atoms with Gasteiger partial charge in [-0.25, -0.2) is 0 Å². The molecule has 88 valence electrons. The highest BCUT2D eigenvalue weighted by Gasteiger charge is 2.03. The number of methoxy groups -OCH3 is 1. The third-order valence-corrected chi connectivity index (χ3v) is 4.34. The molecule has 0 atom stereocenters. The number of para-hydroxylation sites is 1. The number of hydrogen-bond acceptors (Lipinski definition) is 5. The summed E-state index contributed by atoms with van der Waals surface area (Å²) in [6.07, 6.45) is 0.454. The lowest BCUT2D eigenvalue weighted by Gasteiger charge is -2.07. The molecular weight excluding hydrogens is 242 g/mol. The predicted octanol–water partition coefficient (Wildman–Crippen LogP) is 3.03. The van der Waals surface area contributed by atoms with Crippen LogP contribution in [0.2, 0.25) is 0 Å². The summed E-state index contributed by atoms with van der Waals surface area (Å²) < 4.78 is 4.57. The molecular formula is C11H15NO2S2. The summed E-state index contributed by atoms with van der Waals surface area (Å²) in [4.78, 5) is 12.1. The standard InChI is InChI=1S/C11H15NO2S2/c1-12-9-5-3-4-6-10(9)16-15-8-7-11(13)14-2/h3-6,12H,7-8H2,1-2H3. The Bertz CT molecular complexity index is 345. The van der Waals surface area contributed by atoms with Gasteiger partial charge in [0.05, 0.1) is 13.5 Å². The predicted molar refractivity (Wildman–Crippen MR) is 70.9 cm³/mol. The first-order valence-electron chi connectivity index (χ1n) is 4.91. The van der Waals surface area contributed by atoms with Crippen LogP contribution in [-0.4, -0.2) is 25.9 Å². The fraction of sp³-hybridized carbons (Fsp3) is 0.364. The van der Waals surface area contributed by atoms with Gasteiger partial charge in [-0.15, -0.1) is 0 Å². The van der Waals surface area contributed by atoms with Gasteiger partial charge < -0.3 is 10.1 Å². The van der Waals surface area contributed by atoms with Gasteiger partial charge in [0, 0.05) is 23.4 Å². The van der Waals surface area contributed by atoms with Crippen LogP contribution < -0.4 is 5.32 Å². The van der Waals surface area contributed by atoms with Crippen LogP contribution in [0.5, 0.6) is 0 Å². The molecule has 1 aromatic rings. The lowest BCUT2D eigenvalue weighted by atomic mass is 10.3. The molecule has 1 rings (SSSR count). The van der Waals surface area contributed by atoms with Gasteiger partial charge in [-0.2, -0.15) is 0 Å². The van der Waals surface area contributed by atoms with Gasteiger partial charge in [0.25, 0.3) is 0 Å². The van der Waals surface area contributed by atoms with Crippen LogP contribution in [0.3, 0.4) is 0 Å². The molecule has 0 saturated carbocycles. The summed E-state index contributed by atoms with van der Waals surface area (Å²) in [6, 6.07) is 8.09. The Morgan fingerprint density at radius 1 is 1.44 bits per heavy atom. The quantitative estimate of drug-likeness (QED) is 0.482. The van der Waals surface area contributed by atoms with Crippen LogP contribution in [0.1, 0.15) is 6.42 Å². The van der Waals surface area contributed by atoms with Gasteiger partial charge in [0.1, 0.15) is 0 Å². The number of esters is 1. The minimum Gasteiger partial charge on any atom is -0.469 e. The van der Waals surface area contributed by atoms with Crippen molar-refractivity contribution in [3.63, 3.8) is 0 Å². The van der Waals surface area contributed by atoms with E-state index in [1.54, 1.807) is 21.6 Å². The summed E-state index contributed by atoms with van der Waals surface area (Å²) in [6.45, 7) is 0. The Morgan fingerprint density at radius 2 is 2.19 bits per heavy atom. The molecule has 1 aromatic carbocycles. The van der Waals surface area contributed by atoms with E-state index < -0.39 is 0 Å². The van der Waals surface area contributed by atoms with Crippen molar-refractivity contribution in [1.29, 1.82) is 0 Å². The third-order valence-electron chi connectivity index (χ3n) is 1.92. The average molecular weight is 257 g/mol. The highest BCUT2D eigenvalue weighted by atomic mass is 33.1. The van der Waals surface area contributed by atoms with E-state index >= 15 is 0 Å². The van der Waals surface area contributed by atoms with E-state index in [1.165, 1.54) is 12.0 Å². The molecule has 3 nitrogen and oxygen atoms in total. The SMILES string of the molecule is CNc1ccccc1SSCCC(=O)OC. The molecule has 0 fully saturated rings. The first-order valence-corrected chi connectivity index (χ1v) is 7.23. The van der Waals surface area contributed by atoms with Gasteiger partial charge in [-0.3, -0.25) is 4.79 Å². The van der Waals surface area contributed by atoms with Gasteiger partial charge >= 0.3 is 5.97 Å². The number of hydrogen-bond donors (Lipinski definition) is 1. The minimum absolute atomic E-state index is 0.157. The van der Waals surface area contributed by atoms with Crippen molar-refractivity contribution in [1.82, 2.24) is 0 Å². The molecule has 0 unspecified atom stereocenters. The number of benzene rings is 1. The van der Waals surface area contributed by atoms with E-state index in [4.69, 9.17) is 0 Å². The van der Waals surface area contributed by atoms with Crippen molar-refractivity contribution >= 4 is 33.2 Å². The molecule has 0 radical (unpaired) electrons. The highest BCUT2D eigenvalue weighted by molar-refractivity contribution is 8.76. The lowest BCUT2D eigenvalue weighted by Crippen LogP contribution is -2.00. The molecule has 0 saturated heterocycles. The summed E-state index contributed by atoms with van der Waals surface area (Å²) in [7, 11) is 6.64. The maximum absolute atomic E-state index is 10.9. The van der Waals surface area contributed by atoms with Crippen LogP contribution in [0.25, 0.3) is 0 Å². The van der Waals surface area contributed by atoms with Gasteiger partial charge in [0.15, 0.2) is 0 Å². The number of nitrogens with one attached hydrogen (secondary N) is 1. The molecule has 0 aliphatic carbocycles.